The van der Waals surface area contributed by atoms with Crippen LogP contribution < -0.4 is 19.7 Å². The molecule has 5 rings (SSSR count). The molecule has 0 spiro atoms. The molecule has 2 aliphatic carbocycles. The highest BCUT2D eigenvalue weighted by atomic mass is 16.6. The minimum absolute atomic E-state index is 0.0131. The number of nitrogens with zero attached hydrogens (tertiary/aromatic N) is 2. The van der Waals surface area contributed by atoms with Gasteiger partial charge in [0.25, 0.3) is 0 Å². The molecule has 0 unspecified atom stereocenters. The van der Waals surface area contributed by atoms with Crippen LogP contribution in [0.15, 0.2) is 18.2 Å². The van der Waals surface area contributed by atoms with Crippen molar-refractivity contribution >= 4 is 17.6 Å². The van der Waals surface area contributed by atoms with Crippen molar-refractivity contribution in [2.45, 2.75) is 95.7 Å². The van der Waals surface area contributed by atoms with E-state index in [1.54, 1.807) is 0 Å². The highest BCUT2D eigenvalue weighted by molar-refractivity contribution is 5.72. The number of nitrogens with one attached hydrogen (secondary N) is 1. The van der Waals surface area contributed by atoms with Gasteiger partial charge in [-0.1, -0.05) is 12.8 Å². The Bertz CT molecular complexity index is 980. The second kappa shape index (κ2) is 16.4. The maximum atomic E-state index is 12.6. The third kappa shape index (κ3) is 9.76. The van der Waals surface area contributed by atoms with E-state index in [-0.39, 0.29) is 37.4 Å². The molecule has 1 aromatic rings. The maximum Gasteiger partial charge on any atom is 0.344 e. The van der Waals surface area contributed by atoms with Crippen LogP contribution in [0, 0.1) is 5.92 Å². The van der Waals surface area contributed by atoms with Crippen molar-refractivity contribution in [3.63, 3.8) is 0 Å². The van der Waals surface area contributed by atoms with Gasteiger partial charge in [-0.05, 0) is 108 Å². The Labute approximate surface area is 251 Å². The molecule has 1 N–H and O–H groups in total. The molecule has 2 saturated heterocycles. The third-order valence-electron chi connectivity index (χ3n) is 9.37. The van der Waals surface area contributed by atoms with Crippen molar-refractivity contribution in [1.82, 2.24) is 10.2 Å². The summed E-state index contributed by atoms with van der Waals surface area (Å²) in [6.07, 6.45) is 14.3. The van der Waals surface area contributed by atoms with Crippen LogP contribution in [0.4, 0.5) is 5.69 Å². The first-order valence-corrected chi connectivity index (χ1v) is 16.6. The zero-order valence-electron chi connectivity index (χ0n) is 25.4. The molecular weight excluding hydrogens is 534 g/mol. The van der Waals surface area contributed by atoms with Gasteiger partial charge >= 0.3 is 11.9 Å². The fraction of sp³-hybridized carbons (Fsp3) is 0.758. The predicted molar refractivity (Wildman–Crippen MR) is 162 cm³/mol. The summed E-state index contributed by atoms with van der Waals surface area (Å²) >= 11 is 0. The van der Waals surface area contributed by atoms with Gasteiger partial charge in [0.15, 0.2) is 24.7 Å². The van der Waals surface area contributed by atoms with E-state index in [2.05, 4.69) is 15.1 Å². The summed E-state index contributed by atoms with van der Waals surface area (Å²) in [5.74, 6) is 1.00. The predicted octanol–water partition coefficient (Wildman–Crippen LogP) is 4.71. The average molecular weight is 586 g/mol. The number of piperidine rings is 1. The molecule has 1 aromatic carbocycles. The fourth-order valence-electron chi connectivity index (χ4n) is 6.77. The van der Waals surface area contributed by atoms with E-state index in [4.69, 9.17) is 18.9 Å². The molecule has 234 valence electrons. The van der Waals surface area contributed by atoms with Gasteiger partial charge in [-0.25, -0.2) is 9.59 Å². The molecule has 9 nitrogen and oxygen atoms in total. The normalized spacial score (nSPS) is 21.6. The Balaban J connectivity index is 1.15. The fourth-order valence-corrected chi connectivity index (χ4v) is 6.77. The van der Waals surface area contributed by atoms with Crippen molar-refractivity contribution in [1.29, 1.82) is 0 Å². The first-order valence-electron chi connectivity index (χ1n) is 16.6. The molecule has 2 heterocycles. The van der Waals surface area contributed by atoms with Crippen LogP contribution in [0.5, 0.6) is 11.5 Å². The zero-order valence-corrected chi connectivity index (χ0v) is 25.4. The summed E-state index contributed by atoms with van der Waals surface area (Å²) in [7, 11) is 0. The van der Waals surface area contributed by atoms with Gasteiger partial charge in [-0.2, -0.15) is 0 Å². The summed E-state index contributed by atoms with van der Waals surface area (Å²) in [5.41, 5.74) is 1.03. The molecule has 2 saturated carbocycles. The van der Waals surface area contributed by atoms with Crippen molar-refractivity contribution in [2.75, 3.05) is 63.9 Å². The van der Waals surface area contributed by atoms with Crippen LogP contribution in [0.3, 0.4) is 0 Å². The standard InChI is InChI=1S/C33H51N3O6/c37-32(41-28-7-3-1-4-8-28)24-39-30-12-11-27(23-31(30)40-25-33(38)42-29-9-5-2-6-10-29)36-21-19-35(20-22-36)18-15-26-13-16-34-17-14-26/h11-12,23,26,28-29,34H,1-10,13-22,24-25H2. The van der Waals surface area contributed by atoms with E-state index < -0.39 is 0 Å². The number of hydrogen-bond acceptors (Lipinski definition) is 9. The first kappa shape index (κ1) is 30.9. The van der Waals surface area contributed by atoms with E-state index in [0.29, 0.717) is 11.5 Å². The van der Waals surface area contributed by atoms with Crippen molar-refractivity contribution in [2.24, 2.45) is 5.92 Å². The van der Waals surface area contributed by atoms with E-state index in [9.17, 15) is 9.59 Å². The van der Waals surface area contributed by atoms with Crippen LogP contribution >= 0.6 is 0 Å². The smallest absolute Gasteiger partial charge is 0.344 e. The van der Waals surface area contributed by atoms with Gasteiger partial charge in [0.2, 0.25) is 0 Å². The number of benzene rings is 1. The minimum atomic E-state index is -0.366. The summed E-state index contributed by atoms with van der Waals surface area (Å²) in [4.78, 5) is 30.0. The van der Waals surface area contributed by atoms with Gasteiger partial charge in [-0.3, -0.25) is 4.90 Å². The summed E-state index contributed by atoms with van der Waals surface area (Å²) in [5, 5.41) is 3.46. The lowest BCUT2D eigenvalue weighted by Gasteiger charge is -2.37. The van der Waals surface area contributed by atoms with E-state index in [1.807, 2.05) is 18.2 Å². The van der Waals surface area contributed by atoms with Gasteiger partial charge < -0.3 is 29.2 Å². The number of esters is 2. The number of piperazine rings is 1. The third-order valence-corrected chi connectivity index (χ3v) is 9.37. The monoisotopic (exact) mass is 585 g/mol. The average Bonchev–Trinajstić information content (AvgIpc) is 3.04. The molecule has 2 aliphatic heterocycles. The topological polar surface area (TPSA) is 89.6 Å². The first-order chi connectivity index (χ1) is 20.6. The number of carbonyl (C=O) groups is 2. The second-order valence-corrected chi connectivity index (χ2v) is 12.5. The molecule has 42 heavy (non-hydrogen) atoms. The van der Waals surface area contributed by atoms with Crippen LogP contribution in [0.2, 0.25) is 0 Å². The second-order valence-electron chi connectivity index (χ2n) is 12.5. The Kier molecular flexibility index (Phi) is 12.0. The molecule has 0 aromatic heterocycles. The number of rotatable bonds is 12. The molecule has 0 atom stereocenters. The van der Waals surface area contributed by atoms with Crippen LogP contribution in [-0.4, -0.2) is 88.1 Å². The lowest BCUT2D eigenvalue weighted by molar-refractivity contribution is -0.154. The Morgan fingerprint density at radius 2 is 1.29 bits per heavy atom. The molecule has 0 amide bonds. The van der Waals surface area contributed by atoms with E-state index in [0.717, 1.165) is 102 Å². The molecule has 0 bridgehead atoms. The molecule has 4 aliphatic rings. The van der Waals surface area contributed by atoms with Gasteiger partial charge in [-0.15, -0.1) is 0 Å². The lowest BCUT2D eigenvalue weighted by Crippen LogP contribution is -2.47. The molecule has 9 heteroatoms. The summed E-state index contributed by atoms with van der Waals surface area (Å²) < 4.78 is 23.2. The summed E-state index contributed by atoms with van der Waals surface area (Å²) in [6, 6.07) is 5.79. The Hall–Kier alpha value is -2.52. The SMILES string of the molecule is O=C(COc1ccc(N2CCN(CCC3CCNCC3)CC2)cc1OCC(=O)OC1CCCCC1)OC1CCCCC1. The molecular formula is C33H51N3O6. The molecule has 4 fully saturated rings. The van der Waals surface area contributed by atoms with E-state index >= 15 is 0 Å². The van der Waals surface area contributed by atoms with E-state index in [1.165, 1.54) is 38.6 Å². The lowest BCUT2D eigenvalue weighted by atomic mass is 9.94. The minimum Gasteiger partial charge on any atom is -0.478 e. The largest absolute Gasteiger partial charge is 0.478 e. The molecule has 0 radical (unpaired) electrons. The quantitative estimate of drug-likeness (QED) is 0.351. The Morgan fingerprint density at radius 3 is 1.88 bits per heavy atom. The highest BCUT2D eigenvalue weighted by Crippen LogP contribution is 2.33. The van der Waals surface area contributed by atoms with Crippen LogP contribution in [-0.2, 0) is 19.1 Å². The maximum absolute atomic E-state index is 12.6. The van der Waals surface area contributed by atoms with Gasteiger partial charge in [0.1, 0.15) is 12.2 Å². The zero-order chi connectivity index (χ0) is 29.0. The number of hydrogen-bond donors (Lipinski definition) is 1. The van der Waals surface area contributed by atoms with Crippen molar-refractivity contribution in [3.8, 4) is 11.5 Å². The Morgan fingerprint density at radius 1 is 0.714 bits per heavy atom. The highest BCUT2D eigenvalue weighted by Gasteiger charge is 2.23. The van der Waals surface area contributed by atoms with Crippen molar-refractivity contribution in [3.05, 3.63) is 18.2 Å². The van der Waals surface area contributed by atoms with Gasteiger partial charge in [0, 0.05) is 37.9 Å². The number of anilines is 1. The van der Waals surface area contributed by atoms with Gasteiger partial charge in [0.05, 0.1) is 0 Å². The number of ether oxygens (including phenoxy) is 4. The van der Waals surface area contributed by atoms with Crippen LogP contribution in [0.1, 0.15) is 83.5 Å². The van der Waals surface area contributed by atoms with Crippen molar-refractivity contribution < 1.29 is 28.5 Å². The number of carbonyl (C=O) groups excluding carboxylic acids is 2. The summed E-state index contributed by atoms with van der Waals surface area (Å²) in [6.45, 7) is 7.03. The van der Waals surface area contributed by atoms with Crippen LogP contribution in [0.25, 0.3) is 0 Å².